The van der Waals surface area contributed by atoms with Gasteiger partial charge in [0.25, 0.3) is 0 Å². The maximum absolute atomic E-state index is 6.24. The number of hydrogen-bond acceptors (Lipinski definition) is 3. The molecule has 1 aromatic rings. The molecule has 0 N–H and O–H groups in total. The van der Waals surface area contributed by atoms with Gasteiger partial charge in [0.15, 0.2) is 11.5 Å². The predicted molar refractivity (Wildman–Crippen MR) is 90.2 cm³/mol. The van der Waals surface area contributed by atoms with Gasteiger partial charge >= 0.3 is 8.53 Å². The quantitative estimate of drug-likeness (QED) is 0.672. The van der Waals surface area contributed by atoms with Gasteiger partial charge in [0.1, 0.15) is 0 Å². The minimum absolute atomic E-state index is 0.664. The predicted octanol–water partition coefficient (Wildman–Crippen LogP) is 5.65. The van der Waals surface area contributed by atoms with Crippen LogP contribution in [0, 0.1) is 0 Å². The first-order chi connectivity index (χ1) is 10.9. The highest BCUT2D eigenvalue weighted by atomic mass is 31.2. The molecule has 0 atom stereocenters. The third kappa shape index (κ3) is 2.98. The Morgan fingerprint density at radius 1 is 0.727 bits per heavy atom. The van der Waals surface area contributed by atoms with Crippen molar-refractivity contribution >= 4 is 8.53 Å². The third-order valence-electron chi connectivity index (χ3n) is 5.29. The van der Waals surface area contributed by atoms with Crippen molar-refractivity contribution in [1.82, 2.24) is 4.67 Å². The Labute approximate surface area is 135 Å². The fourth-order valence-corrected chi connectivity index (χ4v) is 6.00. The number of para-hydroxylation sites is 2. The fraction of sp³-hybridized carbons (Fsp3) is 0.667. The SMILES string of the molecule is c1ccc2c(c1)OP(N(C1CCCCC1)C1CCCCC1)O2. The number of hydrogen-bond donors (Lipinski definition) is 0. The molecule has 4 heteroatoms. The summed E-state index contributed by atoms with van der Waals surface area (Å²) in [6.45, 7) is 0. The zero-order valence-electron chi connectivity index (χ0n) is 13.2. The van der Waals surface area contributed by atoms with Crippen molar-refractivity contribution in [1.29, 1.82) is 0 Å². The summed E-state index contributed by atoms with van der Waals surface area (Å²) in [6.07, 6.45) is 13.5. The van der Waals surface area contributed by atoms with Gasteiger partial charge < -0.3 is 9.05 Å². The highest BCUT2D eigenvalue weighted by molar-refractivity contribution is 7.45. The normalized spacial score (nSPS) is 24.0. The van der Waals surface area contributed by atoms with E-state index in [1.807, 2.05) is 24.3 Å². The van der Waals surface area contributed by atoms with E-state index in [4.69, 9.17) is 9.05 Å². The van der Waals surface area contributed by atoms with Gasteiger partial charge in [-0.25, -0.2) is 4.67 Å². The van der Waals surface area contributed by atoms with Crippen molar-refractivity contribution < 1.29 is 9.05 Å². The minimum Gasteiger partial charge on any atom is -0.423 e. The van der Waals surface area contributed by atoms with E-state index in [2.05, 4.69) is 4.67 Å². The largest absolute Gasteiger partial charge is 0.423 e. The summed E-state index contributed by atoms with van der Waals surface area (Å²) < 4.78 is 15.1. The molecule has 4 rings (SSSR count). The van der Waals surface area contributed by atoms with E-state index >= 15 is 0 Å². The average molecular weight is 319 g/mol. The lowest BCUT2D eigenvalue weighted by molar-refractivity contribution is 0.158. The van der Waals surface area contributed by atoms with Crippen molar-refractivity contribution in [3.05, 3.63) is 24.3 Å². The van der Waals surface area contributed by atoms with Gasteiger partial charge in [-0.2, -0.15) is 0 Å². The van der Waals surface area contributed by atoms with E-state index in [1.165, 1.54) is 64.2 Å². The second-order valence-corrected chi connectivity index (χ2v) is 8.13. The summed E-state index contributed by atoms with van der Waals surface area (Å²) in [6, 6.07) is 9.48. The molecule has 3 aliphatic rings. The van der Waals surface area contributed by atoms with Crippen LogP contribution in [-0.4, -0.2) is 16.8 Å². The van der Waals surface area contributed by atoms with Crippen LogP contribution in [0.25, 0.3) is 0 Å². The smallest absolute Gasteiger partial charge is 0.385 e. The molecule has 1 aromatic carbocycles. The molecule has 0 saturated heterocycles. The van der Waals surface area contributed by atoms with E-state index < -0.39 is 8.53 Å². The Kier molecular flexibility index (Phi) is 4.54. The average Bonchev–Trinajstić information content (AvgIpc) is 3.00. The van der Waals surface area contributed by atoms with Gasteiger partial charge in [0.2, 0.25) is 0 Å². The third-order valence-corrected chi connectivity index (χ3v) is 7.02. The van der Waals surface area contributed by atoms with Gasteiger partial charge in [-0.05, 0) is 37.8 Å². The molecular formula is C18H26NO2P. The maximum Gasteiger partial charge on any atom is 0.385 e. The first-order valence-electron chi connectivity index (χ1n) is 8.95. The lowest BCUT2D eigenvalue weighted by Gasteiger charge is -2.41. The molecule has 2 saturated carbocycles. The van der Waals surface area contributed by atoms with Crippen LogP contribution in [0.4, 0.5) is 0 Å². The summed E-state index contributed by atoms with van der Waals surface area (Å²) in [5, 5.41) is 0. The molecule has 120 valence electrons. The lowest BCUT2D eigenvalue weighted by atomic mass is 9.91. The second kappa shape index (κ2) is 6.76. The van der Waals surface area contributed by atoms with Gasteiger partial charge in [0.05, 0.1) is 0 Å². The molecule has 0 aromatic heterocycles. The van der Waals surface area contributed by atoms with Crippen LogP contribution in [0.15, 0.2) is 24.3 Å². The number of nitrogens with zero attached hydrogens (tertiary/aromatic N) is 1. The number of benzene rings is 1. The molecule has 1 heterocycles. The molecule has 0 radical (unpaired) electrons. The Morgan fingerprint density at radius 2 is 1.18 bits per heavy atom. The Bertz CT molecular complexity index is 455. The standard InChI is InChI=1S/C18H26NO2P/c1-3-9-15(10-4-1)19(16-11-5-2-6-12-16)22-20-17-13-7-8-14-18(17)21-22/h7-8,13-16H,1-6,9-12H2. The van der Waals surface area contributed by atoms with Crippen molar-refractivity contribution in [2.75, 3.05) is 0 Å². The molecule has 0 unspecified atom stereocenters. The van der Waals surface area contributed by atoms with E-state index in [-0.39, 0.29) is 0 Å². The summed E-state index contributed by atoms with van der Waals surface area (Å²) in [5.41, 5.74) is 0. The lowest BCUT2D eigenvalue weighted by Crippen LogP contribution is -2.42. The highest BCUT2D eigenvalue weighted by Crippen LogP contribution is 2.57. The number of fused-ring (bicyclic) bond motifs is 1. The first kappa shape index (κ1) is 14.8. The second-order valence-electron chi connectivity index (χ2n) is 6.83. The number of rotatable bonds is 3. The van der Waals surface area contributed by atoms with Crippen LogP contribution in [0.5, 0.6) is 11.5 Å². The summed E-state index contributed by atoms with van der Waals surface area (Å²) in [7, 11) is -0.948. The van der Waals surface area contributed by atoms with Crippen molar-refractivity contribution in [2.45, 2.75) is 76.3 Å². The topological polar surface area (TPSA) is 21.7 Å². The van der Waals surface area contributed by atoms with Crippen LogP contribution >= 0.6 is 8.53 Å². The summed E-state index contributed by atoms with van der Waals surface area (Å²) in [5.74, 6) is 1.87. The zero-order valence-corrected chi connectivity index (χ0v) is 14.1. The monoisotopic (exact) mass is 319 g/mol. The van der Waals surface area contributed by atoms with Crippen molar-refractivity contribution in [3.8, 4) is 11.5 Å². The Balaban J connectivity index is 1.54. The van der Waals surface area contributed by atoms with Crippen molar-refractivity contribution in [3.63, 3.8) is 0 Å². The molecule has 2 fully saturated rings. The molecule has 1 aliphatic heterocycles. The first-order valence-corrected chi connectivity index (χ1v) is 10.1. The summed E-state index contributed by atoms with van der Waals surface area (Å²) in [4.78, 5) is 0. The zero-order chi connectivity index (χ0) is 14.8. The molecule has 0 amide bonds. The van der Waals surface area contributed by atoms with Crippen LogP contribution in [-0.2, 0) is 0 Å². The van der Waals surface area contributed by atoms with E-state index in [0.717, 1.165) is 11.5 Å². The minimum atomic E-state index is -0.948. The van der Waals surface area contributed by atoms with Crippen molar-refractivity contribution in [2.24, 2.45) is 0 Å². The van der Waals surface area contributed by atoms with Gasteiger partial charge in [-0.1, -0.05) is 50.7 Å². The van der Waals surface area contributed by atoms with Crippen LogP contribution in [0.1, 0.15) is 64.2 Å². The van der Waals surface area contributed by atoms with Crippen LogP contribution < -0.4 is 9.05 Å². The van der Waals surface area contributed by atoms with E-state index in [1.54, 1.807) is 0 Å². The van der Waals surface area contributed by atoms with Gasteiger partial charge in [-0.3, -0.25) is 0 Å². The van der Waals surface area contributed by atoms with E-state index in [0.29, 0.717) is 12.1 Å². The molecule has 3 nitrogen and oxygen atoms in total. The maximum atomic E-state index is 6.24. The molecular weight excluding hydrogens is 293 g/mol. The molecule has 2 aliphatic carbocycles. The van der Waals surface area contributed by atoms with Crippen LogP contribution in [0.3, 0.4) is 0 Å². The van der Waals surface area contributed by atoms with Gasteiger partial charge in [0, 0.05) is 12.1 Å². The summed E-state index contributed by atoms with van der Waals surface area (Å²) >= 11 is 0. The highest BCUT2D eigenvalue weighted by Gasteiger charge is 2.41. The molecule has 0 spiro atoms. The molecule has 22 heavy (non-hydrogen) atoms. The van der Waals surface area contributed by atoms with E-state index in [9.17, 15) is 0 Å². The Morgan fingerprint density at radius 3 is 1.64 bits per heavy atom. The Hall–Kier alpha value is -0.790. The van der Waals surface area contributed by atoms with Crippen LogP contribution in [0.2, 0.25) is 0 Å². The fourth-order valence-electron chi connectivity index (χ4n) is 4.14. The molecule has 0 bridgehead atoms. The van der Waals surface area contributed by atoms with Gasteiger partial charge in [-0.15, -0.1) is 0 Å².